The Morgan fingerprint density at radius 2 is 1.62 bits per heavy atom. The predicted octanol–water partition coefficient (Wildman–Crippen LogP) is 4.14. The summed E-state index contributed by atoms with van der Waals surface area (Å²) < 4.78 is 0. The highest BCUT2D eigenvalue weighted by Gasteiger charge is 2.13. The maximum Gasteiger partial charge on any atom is 0.0462 e. The Labute approximate surface area is 128 Å². The molecule has 112 valence electrons. The second-order valence-corrected chi connectivity index (χ2v) is 5.89. The number of hydrogen-bond donors (Lipinski definition) is 2. The molecule has 1 atom stereocenters. The summed E-state index contributed by atoms with van der Waals surface area (Å²) in [5, 5.41) is 0. The Hall–Kier alpha value is -1.64. The van der Waals surface area contributed by atoms with Crippen LogP contribution in [0.1, 0.15) is 46.7 Å². The Balaban J connectivity index is 2.02. The molecule has 2 rings (SSSR count). The van der Waals surface area contributed by atoms with E-state index >= 15 is 0 Å². The molecule has 0 radical (unpaired) electrons. The fraction of sp³-hybridized carbons (Fsp3) is 0.368. The van der Waals surface area contributed by atoms with Crippen LogP contribution < -0.4 is 11.3 Å². The first kappa shape index (κ1) is 15.7. The number of benzene rings is 2. The van der Waals surface area contributed by atoms with E-state index in [1.165, 1.54) is 27.8 Å². The highest BCUT2D eigenvalue weighted by atomic mass is 15.2. The Bertz CT molecular complexity index is 576. The number of nitrogens with one attached hydrogen (secondary N) is 1. The Morgan fingerprint density at radius 3 is 2.29 bits per heavy atom. The molecule has 21 heavy (non-hydrogen) atoms. The molecule has 0 aliphatic rings. The molecule has 0 amide bonds. The van der Waals surface area contributed by atoms with Crippen LogP contribution in [0.3, 0.4) is 0 Å². The maximum atomic E-state index is 5.79. The molecule has 0 saturated heterocycles. The van der Waals surface area contributed by atoms with Gasteiger partial charge in [0.25, 0.3) is 0 Å². The fourth-order valence-electron chi connectivity index (χ4n) is 2.84. The molecule has 2 aromatic carbocycles. The van der Waals surface area contributed by atoms with E-state index < -0.39 is 0 Å². The monoisotopic (exact) mass is 282 g/mol. The number of hydrazine groups is 1. The van der Waals surface area contributed by atoms with Gasteiger partial charge in [-0.25, -0.2) is 0 Å². The molecule has 2 aromatic rings. The zero-order chi connectivity index (χ0) is 15.2. The van der Waals surface area contributed by atoms with Crippen LogP contribution in [0.2, 0.25) is 0 Å². The number of hydrogen-bond acceptors (Lipinski definition) is 2. The van der Waals surface area contributed by atoms with Gasteiger partial charge in [-0.2, -0.15) is 0 Å². The SMILES string of the molecule is Cc1cc(C)c(C(CCCc2ccccc2)NN)cc1C. The van der Waals surface area contributed by atoms with Crippen molar-refractivity contribution in [2.24, 2.45) is 5.84 Å². The average Bonchev–Trinajstić information content (AvgIpc) is 2.49. The molecule has 0 spiro atoms. The second-order valence-electron chi connectivity index (χ2n) is 5.89. The van der Waals surface area contributed by atoms with Crippen LogP contribution in [0.5, 0.6) is 0 Å². The quantitative estimate of drug-likeness (QED) is 0.617. The minimum Gasteiger partial charge on any atom is -0.271 e. The van der Waals surface area contributed by atoms with Gasteiger partial charge in [0.2, 0.25) is 0 Å². The highest BCUT2D eigenvalue weighted by Crippen LogP contribution is 2.25. The van der Waals surface area contributed by atoms with Crippen LogP contribution in [-0.4, -0.2) is 0 Å². The van der Waals surface area contributed by atoms with Gasteiger partial charge in [0.1, 0.15) is 0 Å². The average molecular weight is 282 g/mol. The largest absolute Gasteiger partial charge is 0.271 e. The minimum atomic E-state index is 0.230. The summed E-state index contributed by atoms with van der Waals surface area (Å²) in [6, 6.07) is 15.4. The summed E-state index contributed by atoms with van der Waals surface area (Å²) in [6.45, 7) is 6.49. The number of aryl methyl sites for hydroxylation is 4. The van der Waals surface area contributed by atoms with Gasteiger partial charge in [0.05, 0.1) is 0 Å². The third-order valence-electron chi connectivity index (χ3n) is 4.26. The van der Waals surface area contributed by atoms with E-state index in [0.29, 0.717) is 0 Å². The van der Waals surface area contributed by atoms with Crippen molar-refractivity contribution >= 4 is 0 Å². The van der Waals surface area contributed by atoms with Crippen molar-refractivity contribution in [3.8, 4) is 0 Å². The molecule has 3 N–H and O–H groups in total. The molecule has 0 aliphatic heterocycles. The van der Waals surface area contributed by atoms with Gasteiger partial charge in [-0.1, -0.05) is 42.5 Å². The lowest BCUT2D eigenvalue weighted by Gasteiger charge is -2.20. The van der Waals surface area contributed by atoms with Crippen LogP contribution in [0.25, 0.3) is 0 Å². The zero-order valence-electron chi connectivity index (χ0n) is 13.3. The number of rotatable bonds is 6. The molecule has 0 aromatic heterocycles. The van der Waals surface area contributed by atoms with E-state index in [4.69, 9.17) is 5.84 Å². The summed E-state index contributed by atoms with van der Waals surface area (Å²) >= 11 is 0. The topological polar surface area (TPSA) is 38.0 Å². The van der Waals surface area contributed by atoms with Crippen molar-refractivity contribution in [3.05, 3.63) is 70.3 Å². The summed E-state index contributed by atoms with van der Waals surface area (Å²) in [7, 11) is 0. The summed E-state index contributed by atoms with van der Waals surface area (Å²) in [5.74, 6) is 5.79. The Morgan fingerprint density at radius 1 is 0.952 bits per heavy atom. The van der Waals surface area contributed by atoms with E-state index in [9.17, 15) is 0 Å². The molecule has 0 saturated carbocycles. The van der Waals surface area contributed by atoms with Gasteiger partial charge in [-0.05, 0) is 67.9 Å². The van der Waals surface area contributed by atoms with Gasteiger partial charge in [-0.3, -0.25) is 11.3 Å². The van der Waals surface area contributed by atoms with Crippen LogP contribution in [0.4, 0.5) is 0 Å². The molecule has 2 nitrogen and oxygen atoms in total. The summed E-state index contributed by atoms with van der Waals surface area (Å²) in [4.78, 5) is 0. The smallest absolute Gasteiger partial charge is 0.0462 e. The first-order valence-corrected chi connectivity index (χ1v) is 7.69. The Kier molecular flexibility index (Phi) is 5.54. The molecular formula is C19H26N2. The molecule has 0 heterocycles. The second kappa shape index (κ2) is 7.39. The van der Waals surface area contributed by atoms with Crippen LogP contribution in [-0.2, 0) is 6.42 Å². The molecule has 1 unspecified atom stereocenters. The van der Waals surface area contributed by atoms with Gasteiger partial charge >= 0.3 is 0 Å². The third-order valence-corrected chi connectivity index (χ3v) is 4.26. The van der Waals surface area contributed by atoms with E-state index in [1.54, 1.807) is 0 Å². The lowest BCUT2D eigenvalue weighted by Crippen LogP contribution is -2.28. The maximum absolute atomic E-state index is 5.79. The molecule has 0 fully saturated rings. The third kappa shape index (κ3) is 4.16. The molecule has 0 bridgehead atoms. The number of nitrogens with two attached hydrogens (primary N) is 1. The van der Waals surface area contributed by atoms with E-state index in [2.05, 4.69) is 68.7 Å². The van der Waals surface area contributed by atoms with Crippen molar-refractivity contribution in [3.63, 3.8) is 0 Å². The summed E-state index contributed by atoms with van der Waals surface area (Å²) in [5.41, 5.74) is 9.71. The van der Waals surface area contributed by atoms with E-state index in [1.807, 2.05) is 0 Å². The van der Waals surface area contributed by atoms with Crippen molar-refractivity contribution in [1.29, 1.82) is 0 Å². The summed E-state index contributed by atoms with van der Waals surface area (Å²) in [6.07, 6.45) is 3.28. The lowest BCUT2D eigenvalue weighted by molar-refractivity contribution is 0.496. The predicted molar refractivity (Wildman–Crippen MR) is 90.1 cm³/mol. The fourth-order valence-corrected chi connectivity index (χ4v) is 2.84. The normalized spacial score (nSPS) is 12.4. The van der Waals surface area contributed by atoms with Crippen LogP contribution in [0.15, 0.2) is 42.5 Å². The van der Waals surface area contributed by atoms with Crippen molar-refractivity contribution in [2.75, 3.05) is 0 Å². The van der Waals surface area contributed by atoms with Gasteiger partial charge in [0.15, 0.2) is 0 Å². The van der Waals surface area contributed by atoms with Crippen molar-refractivity contribution in [1.82, 2.24) is 5.43 Å². The van der Waals surface area contributed by atoms with E-state index in [0.717, 1.165) is 19.3 Å². The van der Waals surface area contributed by atoms with Crippen molar-refractivity contribution < 1.29 is 0 Å². The van der Waals surface area contributed by atoms with Crippen LogP contribution in [0, 0.1) is 20.8 Å². The van der Waals surface area contributed by atoms with E-state index in [-0.39, 0.29) is 6.04 Å². The van der Waals surface area contributed by atoms with Gasteiger partial charge in [-0.15, -0.1) is 0 Å². The minimum absolute atomic E-state index is 0.230. The van der Waals surface area contributed by atoms with Gasteiger partial charge in [0, 0.05) is 6.04 Å². The first-order valence-electron chi connectivity index (χ1n) is 7.69. The lowest BCUT2D eigenvalue weighted by atomic mass is 9.93. The molecular weight excluding hydrogens is 256 g/mol. The highest BCUT2D eigenvalue weighted by molar-refractivity contribution is 5.38. The molecule has 2 heteroatoms. The molecule has 0 aliphatic carbocycles. The van der Waals surface area contributed by atoms with Crippen LogP contribution >= 0.6 is 0 Å². The standard InChI is InChI=1S/C19H26N2/c1-14-12-16(3)18(13-15(14)2)19(21-20)11-7-10-17-8-5-4-6-9-17/h4-6,8-9,12-13,19,21H,7,10-11,20H2,1-3H3. The zero-order valence-corrected chi connectivity index (χ0v) is 13.3. The first-order chi connectivity index (χ1) is 10.1. The van der Waals surface area contributed by atoms with Gasteiger partial charge < -0.3 is 0 Å². The van der Waals surface area contributed by atoms with Crippen molar-refractivity contribution in [2.45, 2.75) is 46.1 Å².